The monoisotopic (exact) mass is 353 g/mol. The molecule has 0 aromatic carbocycles. The van der Waals surface area contributed by atoms with Gasteiger partial charge in [-0.1, -0.05) is 20.8 Å². The van der Waals surface area contributed by atoms with Crippen LogP contribution in [-0.2, 0) is 24.6 Å². The van der Waals surface area contributed by atoms with Crippen LogP contribution in [0.25, 0.3) is 0 Å². The number of amides is 1. The van der Waals surface area contributed by atoms with Gasteiger partial charge in [0.2, 0.25) is 0 Å². The molecule has 5 nitrogen and oxygen atoms in total. The van der Waals surface area contributed by atoms with Crippen molar-refractivity contribution in [1.82, 2.24) is 14.9 Å². The molecule has 0 unspecified atom stereocenters. The van der Waals surface area contributed by atoms with Crippen LogP contribution in [0.2, 0.25) is 0 Å². The molecule has 2 aromatic heterocycles. The Morgan fingerprint density at radius 1 is 1.24 bits per heavy atom. The first-order chi connectivity index (χ1) is 11.6. The largest absolute Gasteiger partial charge is 0.445 e. The van der Waals surface area contributed by atoms with Gasteiger partial charge in [0.05, 0.1) is 12.1 Å². The van der Waals surface area contributed by atoms with Gasteiger partial charge in [0.25, 0.3) is 5.91 Å². The Balaban J connectivity index is 1.77. The zero-order chi connectivity index (χ0) is 18.4. The number of alkyl halides is 3. The summed E-state index contributed by atoms with van der Waals surface area (Å²) < 4.78 is 43.5. The van der Waals surface area contributed by atoms with E-state index in [1.165, 1.54) is 0 Å². The molecule has 8 heteroatoms. The van der Waals surface area contributed by atoms with Crippen LogP contribution in [0.5, 0.6) is 0 Å². The highest BCUT2D eigenvalue weighted by atomic mass is 19.4. The number of halogens is 3. The lowest BCUT2D eigenvalue weighted by Crippen LogP contribution is -2.36. The van der Waals surface area contributed by atoms with E-state index in [2.05, 4.69) is 9.97 Å². The van der Waals surface area contributed by atoms with Crippen LogP contribution in [0.15, 0.2) is 22.7 Å². The molecule has 25 heavy (non-hydrogen) atoms. The third-order valence-electron chi connectivity index (χ3n) is 3.96. The van der Waals surface area contributed by atoms with Gasteiger partial charge in [-0.25, -0.2) is 4.98 Å². The summed E-state index contributed by atoms with van der Waals surface area (Å²) in [4.78, 5) is 21.9. The Morgan fingerprint density at radius 2 is 1.96 bits per heavy atom. The van der Waals surface area contributed by atoms with E-state index < -0.39 is 11.9 Å². The van der Waals surface area contributed by atoms with Crippen molar-refractivity contribution in [3.8, 4) is 0 Å². The summed E-state index contributed by atoms with van der Waals surface area (Å²) in [5, 5.41) is 0. The lowest BCUT2D eigenvalue weighted by Gasteiger charge is -2.25. The topological polar surface area (TPSA) is 59.2 Å². The summed E-state index contributed by atoms with van der Waals surface area (Å²) in [6, 6.07) is 1.97. The van der Waals surface area contributed by atoms with Crippen LogP contribution in [0.3, 0.4) is 0 Å². The number of nitrogens with zero attached hydrogens (tertiary/aromatic N) is 3. The number of carbonyl (C=O) groups is 1. The van der Waals surface area contributed by atoms with Crippen molar-refractivity contribution in [2.75, 3.05) is 6.54 Å². The van der Waals surface area contributed by atoms with Gasteiger partial charge < -0.3 is 9.32 Å². The van der Waals surface area contributed by atoms with Gasteiger partial charge in [0.1, 0.15) is 17.1 Å². The van der Waals surface area contributed by atoms with Crippen molar-refractivity contribution in [3.05, 3.63) is 46.9 Å². The van der Waals surface area contributed by atoms with Crippen LogP contribution in [0, 0.1) is 0 Å². The third kappa shape index (κ3) is 3.52. The SMILES string of the molecule is CC(C)(C)c1nc2c(o1)CCN(C(=O)c1ccc(C(F)(F)F)nc1)C2. The fourth-order valence-electron chi connectivity index (χ4n) is 2.56. The van der Waals surface area contributed by atoms with Gasteiger partial charge in [-0.2, -0.15) is 13.2 Å². The molecule has 1 amide bonds. The minimum Gasteiger partial charge on any atom is -0.445 e. The van der Waals surface area contributed by atoms with E-state index >= 15 is 0 Å². The number of fused-ring (bicyclic) bond motifs is 1. The Kier molecular flexibility index (Phi) is 4.09. The number of hydrogen-bond donors (Lipinski definition) is 0. The molecule has 3 rings (SSSR count). The van der Waals surface area contributed by atoms with Gasteiger partial charge in [0, 0.05) is 24.6 Å². The maximum atomic E-state index is 12.6. The van der Waals surface area contributed by atoms with E-state index in [0.29, 0.717) is 24.6 Å². The van der Waals surface area contributed by atoms with Gasteiger partial charge in [-0.05, 0) is 12.1 Å². The zero-order valence-electron chi connectivity index (χ0n) is 14.1. The van der Waals surface area contributed by atoms with E-state index in [4.69, 9.17) is 4.42 Å². The molecule has 0 radical (unpaired) electrons. The first-order valence-corrected chi connectivity index (χ1v) is 7.87. The van der Waals surface area contributed by atoms with E-state index in [1.54, 1.807) is 4.90 Å². The molecule has 0 bridgehead atoms. The van der Waals surface area contributed by atoms with Crippen LogP contribution >= 0.6 is 0 Å². The van der Waals surface area contributed by atoms with Crippen LogP contribution < -0.4 is 0 Å². The molecule has 0 saturated heterocycles. The first kappa shape index (κ1) is 17.4. The summed E-state index contributed by atoms with van der Waals surface area (Å²) in [6.07, 6.45) is -3.03. The summed E-state index contributed by atoms with van der Waals surface area (Å²) >= 11 is 0. The lowest BCUT2D eigenvalue weighted by molar-refractivity contribution is -0.141. The van der Waals surface area contributed by atoms with Crippen molar-refractivity contribution in [2.45, 2.75) is 45.3 Å². The Morgan fingerprint density at radius 3 is 2.52 bits per heavy atom. The standard InChI is InChI=1S/C17H18F3N3O2/c1-16(2,3)15-22-11-9-23(7-6-12(11)25-15)14(24)10-4-5-13(21-8-10)17(18,19)20/h4-5,8H,6-7,9H2,1-3H3. The zero-order valence-corrected chi connectivity index (χ0v) is 14.1. The van der Waals surface area contributed by atoms with Gasteiger partial charge in [0.15, 0.2) is 5.89 Å². The predicted octanol–water partition coefficient (Wildman–Crippen LogP) is 3.58. The van der Waals surface area contributed by atoms with E-state index in [-0.39, 0.29) is 23.4 Å². The second-order valence-corrected chi connectivity index (χ2v) is 7.05. The molecule has 0 atom stereocenters. The molecular weight excluding hydrogens is 335 g/mol. The molecule has 0 spiro atoms. The molecule has 0 N–H and O–H groups in total. The molecular formula is C17H18F3N3O2. The molecule has 0 aliphatic carbocycles. The van der Waals surface area contributed by atoms with Crippen molar-refractivity contribution < 1.29 is 22.4 Å². The molecule has 2 aromatic rings. The number of carbonyl (C=O) groups excluding carboxylic acids is 1. The molecule has 0 saturated carbocycles. The summed E-state index contributed by atoms with van der Waals surface area (Å²) in [7, 11) is 0. The summed E-state index contributed by atoms with van der Waals surface area (Å²) in [5.74, 6) is 1.01. The van der Waals surface area contributed by atoms with E-state index in [0.717, 1.165) is 24.1 Å². The van der Waals surface area contributed by atoms with Crippen LogP contribution in [0.4, 0.5) is 13.2 Å². The van der Waals surface area contributed by atoms with E-state index in [1.807, 2.05) is 20.8 Å². The number of oxazole rings is 1. The highest BCUT2D eigenvalue weighted by molar-refractivity contribution is 5.94. The third-order valence-corrected chi connectivity index (χ3v) is 3.96. The highest BCUT2D eigenvalue weighted by Crippen LogP contribution is 2.29. The average molecular weight is 353 g/mol. The number of rotatable bonds is 1. The minimum absolute atomic E-state index is 0.121. The number of aromatic nitrogens is 2. The Labute approximate surface area is 142 Å². The predicted molar refractivity (Wildman–Crippen MR) is 82.9 cm³/mol. The summed E-state index contributed by atoms with van der Waals surface area (Å²) in [5.41, 5.74) is -0.430. The van der Waals surface area contributed by atoms with Crippen molar-refractivity contribution in [2.24, 2.45) is 0 Å². The summed E-state index contributed by atoms with van der Waals surface area (Å²) in [6.45, 7) is 6.66. The first-order valence-electron chi connectivity index (χ1n) is 7.87. The fourth-order valence-corrected chi connectivity index (χ4v) is 2.56. The second kappa shape index (κ2) is 5.86. The van der Waals surface area contributed by atoms with Crippen LogP contribution in [-0.4, -0.2) is 27.3 Å². The van der Waals surface area contributed by atoms with Crippen LogP contribution in [0.1, 0.15) is 54.2 Å². The average Bonchev–Trinajstić information content (AvgIpc) is 2.97. The fraction of sp³-hybridized carbons (Fsp3) is 0.471. The molecule has 0 fully saturated rings. The van der Waals surface area contributed by atoms with Gasteiger partial charge in [-0.3, -0.25) is 9.78 Å². The molecule has 1 aliphatic rings. The molecule has 134 valence electrons. The quantitative estimate of drug-likeness (QED) is 0.786. The molecule has 3 heterocycles. The number of pyridine rings is 1. The second-order valence-electron chi connectivity index (χ2n) is 7.05. The van der Waals surface area contributed by atoms with E-state index in [9.17, 15) is 18.0 Å². The maximum Gasteiger partial charge on any atom is 0.433 e. The number of hydrogen-bond acceptors (Lipinski definition) is 4. The molecule has 1 aliphatic heterocycles. The van der Waals surface area contributed by atoms with Crippen molar-refractivity contribution >= 4 is 5.91 Å². The van der Waals surface area contributed by atoms with Crippen molar-refractivity contribution in [1.29, 1.82) is 0 Å². The normalized spacial score (nSPS) is 15.2. The lowest BCUT2D eigenvalue weighted by atomic mass is 9.97. The Bertz CT molecular complexity index is 789. The highest BCUT2D eigenvalue weighted by Gasteiger charge is 2.33. The Hall–Kier alpha value is -2.38. The smallest absolute Gasteiger partial charge is 0.433 e. The maximum absolute atomic E-state index is 12.6. The van der Waals surface area contributed by atoms with Crippen molar-refractivity contribution in [3.63, 3.8) is 0 Å². The van der Waals surface area contributed by atoms with Gasteiger partial charge in [-0.15, -0.1) is 0 Å². The minimum atomic E-state index is -4.52. The van der Waals surface area contributed by atoms with Gasteiger partial charge >= 0.3 is 6.18 Å².